The largest absolute Gasteiger partial charge is 0.342 e. The topological polar surface area (TPSA) is 58.4 Å². The number of carbonyl (C=O) groups is 2. The number of hydrogen-bond acceptors (Lipinski definition) is 3. The standard InChI is InChI=1S/C19H25ClN4O2/c1-5-17-16(12-21-24(17)15-10-8-9-14(20)11-15)19(26)22(4)13-18(25)23(6-2)7-3/h8-12H,5-7,13H2,1-4H3. The summed E-state index contributed by atoms with van der Waals surface area (Å²) in [6.07, 6.45) is 2.19. The van der Waals surface area contributed by atoms with Gasteiger partial charge >= 0.3 is 0 Å². The van der Waals surface area contributed by atoms with Crippen molar-refractivity contribution in [2.24, 2.45) is 0 Å². The Kier molecular flexibility index (Phi) is 6.80. The number of benzene rings is 1. The number of likely N-dealkylation sites (N-methyl/N-ethyl adjacent to an activating group) is 2. The fourth-order valence-corrected chi connectivity index (χ4v) is 3.06. The average Bonchev–Trinajstić information content (AvgIpc) is 3.05. The van der Waals surface area contributed by atoms with Crippen molar-refractivity contribution in [2.45, 2.75) is 27.2 Å². The Bertz CT molecular complexity index is 784. The van der Waals surface area contributed by atoms with Crippen LogP contribution in [0.2, 0.25) is 5.02 Å². The summed E-state index contributed by atoms with van der Waals surface area (Å²) in [5.74, 6) is -0.276. The molecule has 0 radical (unpaired) electrons. The Morgan fingerprint density at radius 3 is 2.46 bits per heavy atom. The SMILES string of the molecule is CCc1c(C(=O)N(C)CC(=O)N(CC)CC)cnn1-c1cccc(Cl)c1. The highest BCUT2D eigenvalue weighted by Gasteiger charge is 2.23. The Balaban J connectivity index is 2.25. The molecule has 7 heteroatoms. The van der Waals surface area contributed by atoms with Crippen molar-refractivity contribution in [3.8, 4) is 5.69 Å². The molecule has 26 heavy (non-hydrogen) atoms. The van der Waals surface area contributed by atoms with E-state index in [1.54, 1.807) is 35.0 Å². The van der Waals surface area contributed by atoms with Crippen LogP contribution in [0.4, 0.5) is 0 Å². The molecule has 0 aliphatic heterocycles. The van der Waals surface area contributed by atoms with Crippen LogP contribution in [0.3, 0.4) is 0 Å². The zero-order valence-electron chi connectivity index (χ0n) is 15.7. The van der Waals surface area contributed by atoms with Crippen LogP contribution in [0, 0.1) is 0 Å². The van der Waals surface area contributed by atoms with Crippen LogP contribution in [0.15, 0.2) is 30.5 Å². The molecule has 140 valence electrons. The second-order valence-corrected chi connectivity index (χ2v) is 6.41. The maximum atomic E-state index is 12.8. The van der Waals surface area contributed by atoms with E-state index in [4.69, 9.17) is 11.6 Å². The Hall–Kier alpha value is -2.34. The fourth-order valence-electron chi connectivity index (χ4n) is 2.88. The fraction of sp³-hybridized carbons (Fsp3) is 0.421. The minimum Gasteiger partial charge on any atom is -0.342 e. The number of aromatic nitrogens is 2. The van der Waals surface area contributed by atoms with E-state index in [2.05, 4.69) is 5.10 Å². The van der Waals surface area contributed by atoms with Gasteiger partial charge in [0.05, 0.1) is 29.7 Å². The van der Waals surface area contributed by atoms with Gasteiger partial charge in [0.15, 0.2) is 0 Å². The maximum absolute atomic E-state index is 12.8. The molecule has 0 spiro atoms. The van der Waals surface area contributed by atoms with Gasteiger partial charge in [0.25, 0.3) is 5.91 Å². The second kappa shape index (κ2) is 8.85. The molecular formula is C19H25ClN4O2. The zero-order valence-corrected chi connectivity index (χ0v) is 16.5. The quantitative estimate of drug-likeness (QED) is 0.746. The van der Waals surface area contributed by atoms with Gasteiger partial charge in [-0.1, -0.05) is 24.6 Å². The minimum atomic E-state index is -0.212. The van der Waals surface area contributed by atoms with Gasteiger partial charge in [-0.05, 0) is 38.5 Å². The molecule has 0 saturated heterocycles. The first-order chi connectivity index (χ1) is 12.4. The summed E-state index contributed by atoms with van der Waals surface area (Å²) in [6.45, 7) is 7.12. The van der Waals surface area contributed by atoms with E-state index < -0.39 is 0 Å². The average molecular weight is 377 g/mol. The lowest BCUT2D eigenvalue weighted by atomic mass is 10.1. The van der Waals surface area contributed by atoms with Crippen molar-refractivity contribution < 1.29 is 9.59 Å². The normalized spacial score (nSPS) is 10.7. The van der Waals surface area contributed by atoms with E-state index in [0.29, 0.717) is 30.1 Å². The summed E-state index contributed by atoms with van der Waals surface area (Å²) in [6, 6.07) is 7.32. The van der Waals surface area contributed by atoms with Gasteiger partial charge in [-0.15, -0.1) is 0 Å². The summed E-state index contributed by atoms with van der Waals surface area (Å²) >= 11 is 6.07. The molecule has 0 saturated carbocycles. The van der Waals surface area contributed by atoms with Crippen molar-refractivity contribution >= 4 is 23.4 Å². The molecule has 2 amide bonds. The lowest BCUT2D eigenvalue weighted by molar-refractivity contribution is -0.131. The number of amides is 2. The molecule has 0 atom stereocenters. The van der Waals surface area contributed by atoms with Crippen LogP contribution in [0.1, 0.15) is 36.8 Å². The molecule has 0 unspecified atom stereocenters. The van der Waals surface area contributed by atoms with Crippen LogP contribution in [0.25, 0.3) is 5.69 Å². The van der Waals surface area contributed by atoms with E-state index in [1.807, 2.05) is 32.9 Å². The molecule has 1 aromatic heterocycles. The van der Waals surface area contributed by atoms with E-state index >= 15 is 0 Å². The molecule has 0 aliphatic carbocycles. The van der Waals surface area contributed by atoms with Gasteiger partial charge in [0.1, 0.15) is 0 Å². The number of carbonyl (C=O) groups excluding carboxylic acids is 2. The number of halogens is 1. The van der Waals surface area contributed by atoms with Crippen molar-refractivity contribution in [1.29, 1.82) is 0 Å². The maximum Gasteiger partial charge on any atom is 0.257 e. The summed E-state index contributed by atoms with van der Waals surface area (Å²) in [7, 11) is 1.64. The first-order valence-corrected chi connectivity index (χ1v) is 9.16. The summed E-state index contributed by atoms with van der Waals surface area (Å²) < 4.78 is 1.72. The molecule has 2 rings (SSSR count). The van der Waals surface area contributed by atoms with Gasteiger partial charge in [0, 0.05) is 25.2 Å². The highest BCUT2D eigenvalue weighted by Crippen LogP contribution is 2.20. The number of nitrogens with zero attached hydrogens (tertiary/aromatic N) is 4. The van der Waals surface area contributed by atoms with Gasteiger partial charge < -0.3 is 9.80 Å². The monoisotopic (exact) mass is 376 g/mol. The van der Waals surface area contributed by atoms with Crippen molar-refractivity contribution in [3.63, 3.8) is 0 Å². The molecule has 0 aliphatic rings. The molecule has 0 bridgehead atoms. The van der Waals surface area contributed by atoms with Crippen LogP contribution in [-0.2, 0) is 11.2 Å². The van der Waals surface area contributed by atoms with Gasteiger partial charge in [-0.25, -0.2) is 4.68 Å². The lowest BCUT2D eigenvalue weighted by Gasteiger charge is -2.23. The number of hydrogen-bond donors (Lipinski definition) is 0. The Morgan fingerprint density at radius 1 is 1.19 bits per heavy atom. The minimum absolute atomic E-state index is 0.0476. The molecule has 0 fully saturated rings. The third-order valence-corrected chi connectivity index (χ3v) is 4.56. The second-order valence-electron chi connectivity index (χ2n) is 5.98. The van der Waals surface area contributed by atoms with E-state index in [9.17, 15) is 9.59 Å². The van der Waals surface area contributed by atoms with Crippen LogP contribution in [0.5, 0.6) is 0 Å². The smallest absolute Gasteiger partial charge is 0.257 e. The summed E-state index contributed by atoms with van der Waals surface area (Å²) in [4.78, 5) is 28.3. The van der Waals surface area contributed by atoms with E-state index in [-0.39, 0.29) is 18.4 Å². The van der Waals surface area contributed by atoms with Crippen molar-refractivity contribution in [3.05, 3.63) is 46.7 Å². The van der Waals surface area contributed by atoms with Crippen molar-refractivity contribution in [1.82, 2.24) is 19.6 Å². The van der Waals surface area contributed by atoms with Gasteiger partial charge in [0.2, 0.25) is 5.91 Å². The third kappa shape index (κ3) is 4.25. The highest BCUT2D eigenvalue weighted by atomic mass is 35.5. The molecule has 1 aromatic carbocycles. The van der Waals surface area contributed by atoms with E-state index in [1.165, 1.54) is 4.90 Å². The molecule has 1 heterocycles. The van der Waals surface area contributed by atoms with Gasteiger partial charge in [-0.2, -0.15) is 5.10 Å². The number of rotatable bonds is 7. The molecular weight excluding hydrogens is 352 g/mol. The highest BCUT2D eigenvalue weighted by molar-refractivity contribution is 6.30. The summed E-state index contributed by atoms with van der Waals surface area (Å²) in [5.41, 5.74) is 2.09. The summed E-state index contributed by atoms with van der Waals surface area (Å²) in [5, 5.41) is 4.97. The van der Waals surface area contributed by atoms with Crippen LogP contribution >= 0.6 is 11.6 Å². The Morgan fingerprint density at radius 2 is 1.88 bits per heavy atom. The third-order valence-electron chi connectivity index (χ3n) is 4.32. The predicted octanol–water partition coefficient (Wildman–Crippen LogP) is 3.03. The zero-order chi connectivity index (χ0) is 19.3. The van der Waals surface area contributed by atoms with Crippen LogP contribution in [-0.4, -0.2) is 58.1 Å². The van der Waals surface area contributed by atoms with Gasteiger partial charge in [-0.3, -0.25) is 9.59 Å². The lowest BCUT2D eigenvalue weighted by Crippen LogP contribution is -2.41. The predicted molar refractivity (Wildman–Crippen MR) is 103 cm³/mol. The van der Waals surface area contributed by atoms with Crippen LogP contribution < -0.4 is 0 Å². The molecule has 6 nitrogen and oxygen atoms in total. The van der Waals surface area contributed by atoms with Crippen molar-refractivity contribution in [2.75, 3.05) is 26.7 Å². The van der Waals surface area contributed by atoms with E-state index in [0.717, 1.165) is 11.4 Å². The first kappa shape index (κ1) is 20.0. The molecule has 0 N–H and O–H groups in total. The Labute approximate surface area is 159 Å². The molecule has 2 aromatic rings. The first-order valence-electron chi connectivity index (χ1n) is 8.78.